The molecule has 0 unspecified atom stereocenters. The summed E-state index contributed by atoms with van der Waals surface area (Å²) in [5, 5.41) is 15.5. The highest BCUT2D eigenvalue weighted by atomic mass is 32.2. The molecule has 0 saturated carbocycles. The van der Waals surface area contributed by atoms with Gasteiger partial charge in [-0.05, 0) is 23.6 Å². The van der Waals surface area contributed by atoms with E-state index < -0.39 is 30.9 Å². The van der Waals surface area contributed by atoms with E-state index in [0.29, 0.717) is 12.1 Å². The lowest BCUT2D eigenvalue weighted by Gasteiger charge is -2.10. The molecule has 2 rings (SSSR count). The minimum atomic E-state index is -5.64. The van der Waals surface area contributed by atoms with Crippen LogP contribution < -0.4 is 5.32 Å². The smallest absolute Gasteiger partial charge is 0.375 e. The van der Waals surface area contributed by atoms with E-state index in [1.165, 1.54) is 11.3 Å². The van der Waals surface area contributed by atoms with Crippen molar-refractivity contribution < 1.29 is 26.5 Å². The standard InChI is InChI=1S/C12H9F3N2O4S2/c13-12(14,15)23(20,21)9-3-4-10(11(6-9)17(18)19)16-7-8-2-1-5-22-8/h1-6,16H,7H2. The molecule has 0 aliphatic heterocycles. The normalized spacial score (nSPS) is 12.1. The lowest BCUT2D eigenvalue weighted by molar-refractivity contribution is -0.384. The Morgan fingerprint density at radius 1 is 1.26 bits per heavy atom. The third kappa shape index (κ3) is 3.62. The number of anilines is 1. The van der Waals surface area contributed by atoms with Crippen LogP contribution >= 0.6 is 11.3 Å². The number of benzene rings is 1. The summed E-state index contributed by atoms with van der Waals surface area (Å²) in [6.07, 6.45) is 0. The minimum Gasteiger partial charge on any atom is -0.375 e. The molecule has 0 aliphatic rings. The largest absolute Gasteiger partial charge is 0.501 e. The van der Waals surface area contributed by atoms with Gasteiger partial charge < -0.3 is 5.32 Å². The Bertz CT molecular complexity index is 817. The number of alkyl halides is 3. The lowest BCUT2D eigenvalue weighted by atomic mass is 10.2. The first-order valence-electron chi connectivity index (χ1n) is 5.99. The van der Waals surface area contributed by atoms with Crippen molar-refractivity contribution in [2.75, 3.05) is 5.32 Å². The molecule has 0 saturated heterocycles. The molecule has 6 nitrogen and oxygen atoms in total. The van der Waals surface area contributed by atoms with Crippen LogP contribution in [0.25, 0.3) is 0 Å². The summed E-state index contributed by atoms with van der Waals surface area (Å²) < 4.78 is 60.2. The molecule has 0 spiro atoms. The molecule has 0 aliphatic carbocycles. The molecule has 0 atom stereocenters. The Balaban J connectivity index is 2.37. The second kappa shape index (κ2) is 6.16. The van der Waals surface area contributed by atoms with Gasteiger partial charge in [0, 0.05) is 17.5 Å². The molecule has 0 radical (unpaired) electrons. The Morgan fingerprint density at radius 3 is 2.48 bits per heavy atom. The number of nitro benzene ring substituents is 1. The number of hydrogen-bond acceptors (Lipinski definition) is 6. The Hall–Kier alpha value is -2.14. The van der Waals surface area contributed by atoms with Crippen LogP contribution in [0.1, 0.15) is 4.88 Å². The summed E-state index contributed by atoms with van der Waals surface area (Å²) >= 11 is 1.39. The number of sulfone groups is 1. The maximum absolute atomic E-state index is 12.5. The van der Waals surface area contributed by atoms with Crippen LogP contribution in [0, 0.1) is 10.1 Å². The van der Waals surface area contributed by atoms with Gasteiger partial charge in [-0.3, -0.25) is 10.1 Å². The number of hydrogen-bond donors (Lipinski definition) is 1. The van der Waals surface area contributed by atoms with E-state index in [1.54, 1.807) is 17.5 Å². The van der Waals surface area contributed by atoms with Gasteiger partial charge in [-0.1, -0.05) is 6.07 Å². The van der Waals surface area contributed by atoms with Crippen LogP contribution in [0.2, 0.25) is 0 Å². The summed E-state index contributed by atoms with van der Waals surface area (Å²) in [7, 11) is -5.64. The van der Waals surface area contributed by atoms with Crippen molar-refractivity contribution in [3.8, 4) is 0 Å². The van der Waals surface area contributed by atoms with E-state index in [9.17, 15) is 31.7 Å². The monoisotopic (exact) mass is 366 g/mol. The fourth-order valence-corrected chi connectivity index (χ4v) is 3.13. The average molecular weight is 366 g/mol. The van der Waals surface area contributed by atoms with Crippen LogP contribution in [0.15, 0.2) is 40.6 Å². The lowest BCUT2D eigenvalue weighted by Crippen LogP contribution is -2.23. The molecule has 1 aromatic heterocycles. The number of halogens is 3. The first-order chi connectivity index (χ1) is 10.6. The second-order valence-electron chi connectivity index (χ2n) is 4.32. The van der Waals surface area contributed by atoms with Gasteiger partial charge in [-0.25, -0.2) is 8.42 Å². The molecule has 2 aromatic rings. The van der Waals surface area contributed by atoms with Gasteiger partial charge in [0.05, 0.1) is 9.82 Å². The Morgan fingerprint density at radius 2 is 1.96 bits per heavy atom. The summed E-state index contributed by atoms with van der Waals surface area (Å²) in [6, 6.07) is 5.58. The predicted molar refractivity (Wildman–Crippen MR) is 78.0 cm³/mol. The van der Waals surface area contributed by atoms with Gasteiger partial charge in [0.1, 0.15) is 5.69 Å². The van der Waals surface area contributed by atoms with Crippen molar-refractivity contribution in [1.29, 1.82) is 0 Å². The highest BCUT2D eigenvalue weighted by Gasteiger charge is 2.47. The number of nitrogens with one attached hydrogen (secondary N) is 1. The summed E-state index contributed by atoms with van der Waals surface area (Å²) in [5.74, 6) is 0. The topological polar surface area (TPSA) is 89.3 Å². The molecule has 0 fully saturated rings. The molecule has 11 heteroatoms. The van der Waals surface area contributed by atoms with Crippen molar-refractivity contribution in [2.45, 2.75) is 16.9 Å². The minimum absolute atomic E-state index is 0.0653. The van der Waals surface area contributed by atoms with Crippen molar-refractivity contribution in [3.05, 3.63) is 50.7 Å². The zero-order chi connectivity index (χ0) is 17.3. The first kappa shape index (κ1) is 17.2. The first-order valence-corrected chi connectivity index (χ1v) is 8.35. The third-order valence-corrected chi connectivity index (χ3v) is 5.17. The summed E-state index contributed by atoms with van der Waals surface area (Å²) in [6.45, 7) is 0.226. The van der Waals surface area contributed by atoms with Crippen molar-refractivity contribution >= 4 is 32.5 Å². The number of nitro groups is 1. The van der Waals surface area contributed by atoms with Crippen molar-refractivity contribution in [3.63, 3.8) is 0 Å². The molecular formula is C12H9F3N2O4S2. The van der Waals surface area contributed by atoms with E-state index >= 15 is 0 Å². The Kier molecular flexibility index (Phi) is 4.61. The maximum Gasteiger partial charge on any atom is 0.501 e. The van der Waals surface area contributed by atoms with Crippen molar-refractivity contribution in [2.24, 2.45) is 0 Å². The van der Waals surface area contributed by atoms with Crippen LogP contribution in [0.4, 0.5) is 24.5 Å². The van der Waals surface area contributed by atoms with Gasteiger partial charge in [0.15, 0.2) is 0 Å². The predicted octanol–water partition coefficient (Wildman–Crippen LogP) is 3.56. The van der Waals surface area contributed by atoms with E-state index in [2.05, 4.69) is 5.32 Å². The fraction of sp³-hybridized carbons (Fsp3) is 0.167. The van der Waals surface area contributed by atoms with Gasteiger partial charge >= 0.3 is 5.51 Å². The summed E-state index contributed by atoms with van der Waals surface area (Å²) in [4.78, 5) is 9.75. The average Bonchev–Trinajstić information content (AvgIpc) is 2.96. The fourth-order valence-electron chi connectivity index (χ4n) is 1.71. The van der Waals surface area contributed by atoms with Gasteiger partial charge in [0.2, 0.25) is 0 Å². The van der Waals surface area contributed by atoms with E-state index in [1.807, 2.05) is 0 Å². The molecule has 23 heavy (non-hydrogen) atoms. The highest BCUT2D eigenvalue weighted by molar-refractivity contribution is 7.92. The maximum atomic E-state index is 12.5. The van der Waals surface area contributed by atoms with E-state index in [-0.39, 0.29) is 12.2 Å². The highest BCUT2D eigenvalue weighted by Crippen LogP contribution is 2.34. The van der Waals surface area contributed by atoms with Crippen LogP contribution in [0.5, 0.6) is 0 Å². The molecule has 0 amide bonds. The molecule has 0 bridgehead atoms. The number of rotatable bonds is 5. The molecular weight excluding hydrogens is 357 g/mol. The number of thiophene rings is 1. The molecule has 1 aromatic carbocycles. The third-order valence-electron chi connectivity index (χ3n) is 2.81. The second-order valence-corrected chi connectivity index (χ2v) is 7.29. The zero-order valence-corrected chi connectivity index (χ0v) is 12.8. The Labute approximate surface area is 132 Å². The molecule has 124 valence electrons. The zero-order valence-electron chi connectivity index (χ0n) is 11.2. The van der Waals surface area contributed by atoms with E-state index in [4.69, 9.17) is 0 Å². The number of nitrogens with zero attached hydrogens (tertiary/aromatic N) is 1. The SMILES string of the molecule is O=[N+]([O-])c1cc(S(=O)(=O)C(F)(F)F)ccc1NCc1cccs1. The van der Waals surface area contributed by atoms with Crippen LogP contribution in [0.3, 0.4) is 0 Å². The quantitative estimate of drug-likeness (QED) is 0.645. The van der Waals surface area contributed by atoms with Crippen molar-refractivity contribution in [1.82, 2.24) is 0 Å². The van der Waals surface area contributed by atoms with Crippen LogP contribution in [-0.2, 0) is 16.4 Å². The van der Waals surface area contributed by atoms with Gasteiger partial charge in [0.25, 0.3) is 15.5 Å². The summed E-state index contributed by atoms with van der Waals surface area (Å²) in [5.41, 5.74) is -6.33. The van der Waals surface area contributed by atoms with E-state index in [0.717, 1.165) is 10.9 Å². The molecule has 1 heterocycles. The van der Waals surface area contributed by atoms with Gasteiger partial charge in [-0.15, -0.1) is 11.3 Å². The van der Waals surface area contributed by atoms with Crippen LogP contribution in [-0.4, -0.2) is 18.8 Å². The molecule has 1 N–H and O–H groups in total. The van der Waals surface area contributed by atoms with Gasteiger partial charge in [-0.2, -0.15) is 13.2 Å².